The Morgan fingerprint density at radius 2 is 1.78 bits per heavy atom. The van der Waals surface area contributed by atoms with Crippen LogP contribution in [-0.4, -0.2) is 12.4 Å². The molecular formula is C15H16NO2+. The Morgan fingerprint density at radius 3 is 2.39 bits per heavy atom. The molecule has 0 bridgehead atoms. The molecule has 0 saturated carbocycles. The predicted octanol–water partition coefficient (Wildman–Crippen LogP) is 2.26. The second-order valence-corrected chi connectivity index (χ2v) is 3.93. The Hall–Kier alpha value is -2.16. The van der Waals surface area contributed by atoms with Crippen molar-refractivity contribution in [2.24, 2.45) is 0 Å². The fourth-order valence-electron chi connectivity index (χ4n) is 1.70. The first kappa shape index (κ1) is 12.3. The van der Waals surface area contributed by atoms with Crippen LogP contribution < -0.4 is 9.30 Å². The van der Waals surface area contributed by atoms with Gasteiger partial charge < -0.3 is 4.74 Å². The van der Waals surface area contributed by atoms with E-state index in [2.05, 4.69) is 0 Å². The summed E-state index contributed by atoms with van der Waals surface area (Å²) >= 11 is 0. The van der Waals surface area contributed by atoms with E-state index in [1.807, 2.05) is 54.2 Å². The van der Waals surface area contributed by atoms with Crippen molar-refractivity contribution in [3.05, 3.63) is 60.4 Å². The lowest BCUT2D eigenvalue weighted by Crippen LogP contribution is -2.36. The number of rotatable bonds is 5. The summed E-state index contributed by atoms with van der Waals surface area (Å²) in [5, 5.41) is 0. The summed E-state index contributed by atoms with van der Waals surface area (Å²) in [5.74, 6) is 0.885. The fraction of sp³-hybridized carbons (Fsp3) is 0.200. The summed E-state index contributed by atoms with van der Waals surface area (Å²) in [6.07, 6.45) is 3.76. The maximum Gasteiger partial charge on any atom is 0.227 e. The largest absolute Gasteiger partial charge is 0.494 e. The third-order valence-corrected chi connectivity index (χ3v) is 2.59. The molecule has 0 fully saturated rings. The average molecular weight is 242 g/mol. The van der Waals surface area contributed by atoms with Gasteiger partial charge in [0.25, 0.3) is 0 Å². The number of hydrogen-bond donors (Lipinski definition) is 0. The summed E-state index contributed by atoms with van der Waals surface area (Å²) in [5.41, 5.74) is 0.704. The molecule has 3 nitrogen and oxygen atoms in total. The van der Waals surface area contributed by atoms with Crippen LogP contribution in [0.5, 0.6) is 5.75 Å². The zero-order chi connectivity index (χ0) is 12.8. The number of carbonyl (C=O) groups is 1. The van der Waals surface area contributed by atoms with Crippen molar-refractivity contribution in [2.75, 3.05) is 6.61 Å². The number of benzene rings is 1. The molecule has 3 heteroatoms. The highest BCUT2D eigenvalue weighted by Gasteiger charge is 2.11. The standard InChI is InChI=1S/C15H16NO2/c1-2-18-14-8-6-13(7-9-14)15(17)12-16-10-4-3-5-11-16/h3-11H,2,12H2,1H3/q+1. The zero-order valence-corrected chi connectivity index (χ0v) is 10.4. The molecule has 0 aliphatic heterocycles. The van der Waals surface area contributed by atoms with Crippen molar-refractivity contribution < 1.29 is 14.1 Å². The molecule has 0 aliphatic rings. The Balaban J connectivity index is 2.05. The molecular weight excluding hydrogens is 226 g/mol. The van der Waals surface area contributed by atoms with E-state index in [-0.39, 0.29) is 5.78 Å². The summed E-state index contributed by atoms with van der Waals surface area (Å²) in [6.45, 7) is 2.92. The number of ether oxygens (including phenoxy) is 1. The molecule has 1 aromatic carbocycles. The third kappa shape index (κ3) is 3.17. The first-order valence-electron chi connectivity index (χ1n) is 5.99. The lowest BCUT2D eigenvalue weighted by Gasteiger charge is -2.03. The van der Waals surface area contributed by atoms with E-state index in [1.54, 1.807) is 12.1 Å². The van der Waals surface area contributed by atoms with Gasteiger partial charge in [-0.2, -0.15) is 4.57 Å². The SMILES string of the molecule is CCOc1ccc(C(=O)C[n+]2ccccc2)cc1. The van der Waals surface area contributed by atoms with Crippen LogP contribution in [-0.2, 0) is 6.54 Å². The predicted molar refractivity (Wildman–Crippen MR) is 68.6 cm³/mol. The summed E-state index contributed by atoms with van der Waals surface area (Å²) in [4.78, 5) is 12.0. The summed E-state index contributed by atoms with van der Waals surface area (Å²) < 4.78 is 7.20. The molecule has 1 heterocycles. The molecule has 1 aromatic heterocycles. The highest BCUT2D eigenvalue weighted by atomic mass is 16.5. The first-order chi connectivity index (χ1) is 8.79. The molecule has 0 saturated heterocycles. The highest BCUT2D eigenvalue weighted by molar-refractivity contribution is 5.95. The molecule has 0 aliphatic carbocycles. The molecule has 0 radical (unpaired) electrons. The zero-order valence-electron chi connectivity index (χ0n) is 10.4. The summed E-state index contributed by atoms with van der Waals surface area (Å²) in [7, 11) is 0. The quantitative estimate of drug-likeness (QED) is 0.594. The number of pyridine rings is 1. The molecule has 0 atom stereocenters. The van der Waals surface area contributed by atoms with Crippen LogP contribution in [0.15, 0.2) is 54.9 Å². The Bertz CT molecular complexity index is 506. The number of aromatic nitrogens is 1. The average Bonchev–Trinajstić information content (AvgIpc) is 2.41. The van der Waals surface area contributed by atoms with Gasteiger partial charge in [-0.15, -0.1) is 0 Å². The summed E-state index contributed by atoms with van der Waals surface area (Å²) in [6, 6.07) is 13.0. The number of Topliss-reactive ketones (excluding diaryl/α,β-unsaturated/α-hetero) is 1. The molecule has 2 aromatic rings. The van der Waals surface area contributed by atoms with E-state index in [0.29, 0.717) is 18.7 Å². The van der Waals surface area contributed by atoms with Crippen LogP contribution >= 0.6 is 0 Å². The molecule has 0 amide bonds. The monoisotopic (exact) mass is 242 g/mol. The Kier molecular flexibility index (Phi) is 4.07. The van der Waals surface area contributed by atoms with Crippen LogP contribution in [0.2, 0.25) is 0 Å². The second-order valence-electron chi connectivity index (χ2n) is 3.93. The minimum absolute atomic E-state index is 0.0919. The Labute approximate surface area is 107 Å². The smallest absolute Gasteiger partial charge is 0.227 e. The van der Waals surface area contributed by atoms with E-state index in [1.165, 1.54) is 0 Å². The fourth-order valence-corrected chi connectivity index (χ4v) is 1.70. The maximum absolute atomic E-state index is 12.0. The Morgan fingerprint density at radius 1 is 1.11 bits per heavy atom. The number of carbonyl (C=O) groups excluding carboxylic acids is 1. The number of hydrogen-bond acceptors (Lipinski definition) is 2. The van der Waals surface area contributed by atoms with Gasteiger partial charge in [0.2, 0.25) is 12.3 Å². The van der Waals surface area contributed by atoms with E-state index < -0.39 is 0 Å². The van der Waals surface area contributed by atoms with Gasteiger partial charge in [-0.3, -0.25) is 4.79 Å². The van der Waals surface area contributed by atoms with Crippen LogP contribution in [0.3, 0.4) is 0 Å². The van der Waals surface area contributed by atoms with Crippen molar-refractivity contribution >= 4 is 5.78 Å². The lowest BCUT2D eigenvalue weighted by molar-refractivity contribution is -0.683. The third-order valence-electron chi connectivity index (χ3n) is 2.59. The van der Waals surface area contributed by atoms with Gasteiger partial charge in [-0.25, -0.2) is 0 Å². The van der Waals surface area contributed by atoms with E-state index in [0.717, 1.165) is 5.75 Å². The van der Waals surface area contributed by atoms with Crippen LogP contribution in [0.4, 0.5) is 0 Å². The highest BCUT2D eigenvalue weighted by Crippen LogP contribution is 2.12. The minimum Gasteiger partial charge on any atom is -0.494 e. The molecule has 18 heavy (non-hydrogen) atoms. The van der Waals surface area contributed by atoms with Crippen molar-refractivity contribution in [1.29, 1.82) is 0 Å². The van der Waals surface area contributed by atoms with Gasteiger partial charge in [0.1, 0.15) is 5.75 Å². The number of ketones is 1. The van der Waals surface area contributed by atoms with Crippen LogP contribution in [0, 0.1) is 0 Å². The molecule has 0 N–H and O–H groups in total. The molecule has 0 spiro atoms. The van der Waals surface area contributed by atoms with Crippen LogP contribution in [0.25, 0.3) is 0 Å². The van der Waals surface area contributed by atoms with E-state index in [9.17, 15) is 4.79 Å². The van der Waals surface area contributed by atoms with Gasteiger partial charge in [-0.1, -0.05) is 6.07 Å². The van der Waals surface area contributed by atoms with Crippen molar-refractivity contribution in [3.63, 3.8) is 0 Å². The van der Waals surface area contributed by atoms with E-state index in [4.69, 9.17) is 4.74 Å². The number of nitrogens with zero attached hydrogens (tertiary/aromatic N) is 1. The molecule has 2 rings (SSSR count). The molecule has 92 valence electrons. The molecule has 0 unspecified atom stereocenters. The normalized spacial score (nSPS) is 10.1. The van der Waals surface area contributed by atoms with Gasteiger partial charge in [0, 0.05) is 17.7 Å². The van der Waals surface area contributed by atoms with Gasteiger partial charge in [-0.05, 0) is 31.2 Å². The van der Waals surface area contributed by atoms with Crippen molar-refractivity contribution in [1.82, 2.24) is 0 Å². The van der Waals surface area contributed by atoms with Gasteiger partial charge >= 0.3 is 0 Å². The van der Waals surface area contributed by atoms with Gasteiger partial charge in [0.05, 0.1) is 6.61 Å². The van der Waals surface area contributed by atoms with Crippen molar-refractivity contribution in [3.8, 4) is 5.75 Å². The minimum atomic E-state index is 0.0919. The van der Waals surface area contributed by atoms with Crippen LogP contribution in [0.1, 0.15) is 17.3 Å². The topological polar surface area (TPSA) is 30.2 Å². The maximum atomic E-state index is 12.0. The lowest BCUT2D eigenvalue weighted by atomic mass is 10.1. The van der Waals surface area contributed by atoms with E-state index >= 15 is 0 Å². The first-order valence-corrected chi connectivity index (χ1v) is 5.99. The van der Waals surface area contributed by atoms with Gasteiger partial charge in [0.15, 0.2) is 12.4 Å². The second kappa shape index (κ2) is 5.96. The van der Waals surface area contributed by atoms with Crippen molar-refractivity contribution in [2.45, 2.75) is 13.5 Å².